The third-order valence-electron chi connectivity index (χ3n) is 5.47. The first-order chi connectivity index (χ1) is 15.5. The van der Waals surface area contributed by atoms with Gasteiger partial charge in [-0.15, -0.1) is 0 Å². The van der Waals surface area contributed by atoms with Gasteiger partial charge in [0.1, 0.15) is 6.54 Å². The summed E-state index contributed by atoms with van der Waals surface area (Å²) >= 11 is 0. The van der Waals surface area contributed by atoms with Crippen LogP contribution in [0, 0.1) is 12.8 Å². The normalized spacial score (nSPS) is 14.3. The summed E-state index contributed by atoms with van der Waals surface area (Å²) in [6.07, 6.45) is -3.04. The molecule has 2 amide bonds. The molecule has 1 N–H and O–H groups in total. The SMILES string of the molecule is Cc1cccc(C(=O)Nc2ccccc2C(=O)OCC(=O)N(CC(F)(F)F)[C@@H](C)C2CC2)c1. The van der Waals surface area contributed by atoms with Gasteiger partial charge >= 0.3 is 12.1 Å². The summed E-state index contributed by atoms with van der Waals surface area (Å²) in [7, 11) is 0. The van der Waals surface area contributed by atoms with E-state index in [1.807, 2.05) is 13.0 Å². The highest BCUT2D eigenvalue weighted by molar-refractivity contribution is 6.08. The number of anilines is 1. The van der Waals surface area contributed by atoms with Crippen LogP contribution in [-0.4, -0.2) is 48.1 Å². The van der Waals surface area contributed by atoms with Crippen LogP contribution in [0.2, 0.25) is 0 Å². The fraction of sp³-hybridized carbons (Fsp3) is 0.375. The molecule has 0 radical (unpaired) electrons. The summed E-state index contributed by atoms with van der Waals surface area (Å²) in [5.74, 6) is -2.26. The number of para-hydroxylation sites is 1. The molecular weight excluding hydrogens is 437 g/mol. The molecular formula is C24H25F3N2O4. The van der Waals surface area contributed by atoms with E-state index in [0.717, 1.165) is 23.3 Å². The van der Waals surface area contributed by atoms with Crippen molar-refractivity contribution in [2.45, 2.75) is 38.9 Å². The number of ether oxygens (including phenoxy) is 1. The maximum atomic E-state index is 13.0. The Balaban J connectivity index is 1.67. The van der Waals surface area contributed by atoms with Gasteiger partial charge in [-0.2, -0.15) is 13.2 Å². The van der Waals surface area contributed by atoms with Crippen molar-refractivity contribution in [3.63, 3.8) is 0 Å². The van der Waals surface area contributed by atoms with Crippen LogP contribution >= 0.6 is 0 Å². The summed E-state index contributed by atoms with van der Waals surface area (Å²) in [5, 5.41) is 2.63. The third kappa shape index (κ3) is 6.81. The molecule has 9 heteroatoms. The number of halogens is 3. The van der Waals surface area contributed by atoms with Gasteiger partial charge in [0.25, 0.3) is 11.8 Å². The van der Waals surface area contributed by atoms with Gasteiger partial charge in [-0.05, 0) is 56.9 Å². The Hall–Kier alpha value is -3.36. The molecule has 6 nitrogen and oxygen atoms in total. The van der Waals surface area contributed by atoms with Gasteiger partial charge in [0.2, 0.25) is 0 Å². The maximum absolute atomic E-state index is 13.0. The van der Waals surface area contributed by atoms with Crippen LogP contribution < -0.4 is 5.32 Å². The lowest BCUT2D eigenvalue weighted by Gasteiger charge is -2.30. The number of carbonyl (C=O) groups excluding carboxylic acids is 3. The van der Waals surface area contributed by atoms with Gasteiger partial charge in [-0.25, -0.2) is 4.79 Å². The van der Waals surface area contributed by atoms with Crippen LogP contribution in [0.5, 0.6) is 0 Å². The number of carbonyl (C=O) groups is 3. The van der Waals surface area contributed by atoms with E-state index in [1.54, 1.807) is 37.3 Å². The molecule has 33 heavy (non-hydrogen) atoms. The topological polar surface area (TPSA) is 75.7 Å². The van der Waals surface area contributed by atoms with Crippen LogP contribution in [-0.2, 0) is 9.53 Å². The molecule has 1 fully saturated rings. The van der Waals surface area contributed by atoms with Crippen LogP contribution in [0.4, 0.5) is 18.9 Å². The zero-order valence-corrected chi connectivity index (χ0v) is 18.3. The monoisotopic (exact) mass is 462 g/mol. The molecule has 1 saturated carbocycles. The van der Waals surface area contributed by atoms with E-state index in [-0.39, 0.29) is 17.2 Å². The van der Waals surface area contributed by atoms with E-state index < -0.39 is 43.2 Å². The van der Waals surface area contributed by atoms with Crippen molar-refractivity contribution in [2.75, 3.05) is 18.5 Å². The minimum Gasteiger partial charge on any atom is -0.452 e. The molecule has 0 saturated heterocycles. The molecule has 1 atom stereocenters. The molecule has 0 heterocycles. The quantitative estimate of drug-likeness (QED) is 0.582. The molecule has 2 aromatic rings. The van der Waals surface area contributed by atoms with Crippen molar-refractivity contribution in [3.05, 3.63) is 65.2 Å². The summed E-state index contributed by atoms with van der Waals surface area (Å²) in [4.78, 5) is 38.4. The van der Waals surface area contributed by atoms with E-state index in [2.05, 4.69) is 5.32 Å². The van der Waals surface area contributed by atoms with Gasteiger partial charge in [0, 0.05) is 11.6 Å². The van der Waals surface area contributed by atoms with Gasteiger partial charge in [-0.1, -0.05) is 29.8 Å². The van der Waals surface area contributed by atoms with Gasteiger partial charge in [0.05, 0.1) is 11.3 Å². The number of esters is 1. The first kappa shape index (κ1) is 24.3. The summed E-state index contributed by atoms with van der Waals surface area (Å²) in [5.41, 5.74) is 1.44. The Kier molecular flexibility index (Phi) is 7.40. The summed E-state index contributed by atoms with van der Waals surface area (Å²) in [6.45, 7) is 1.18. The highest BCUT2D eigenvalue weighted by Gasteiger charge is 2.40. The van der Waals surface area contributed by atoms with Crippen LogP contribution in [0.15, 0.2) is 48.5 Å². The van der Waals surface area contributed by atoms with Crippen molar-refractivity contribution < 1.29 is 32.3 Å². The number of hydrogen-bond donors (Lipinski definition) is 1. The lowest BCUT2D eigenvalue weighted by Crippen LogP contribution is -2.47. The molecule has 176 valence electrons. The van der Waals surface area contributed by atoms with Crippen molar-refractivity contribution in [1.82, 2.24) is 4.90 Å². The molecule has 0 spiro atoms. The molecule has 0 aromatic heterocycles. The summed E-state index contributed by atoms with van der Waals surface area (Å²) in [6, 6.07) is 12.3. The van der Waals surface area contributed by atoms with Crippen LogP contribution in [0.25, 0.3) is 0 Å². The van der Waals surface area contributed by atoms with E-state index in [4.69, 9.17) is 4.74 Å². The standard InChI is InChI=1S/C24H25F3N2O4/c1-15-6-5-7-18(12-15)22(31)28-20-9-4-3-8-19(20)23(32)33-13-21(30)29(14-24(25,26)27)16(2)17-10-11-17/h3-9,12,16-17H,10-11,13-14H2,1-2H3,(H,28,31)/t16-/m0/s1. The lowest BCUT2D eigenvalue weighted by molar-refractivity contribution is -0.167. The number of amides is 2. The average molecular weight is 462 g/mol. The molecule has 2 aromatic carbocycles. The molecule has 1 aliphatic carbocycles. The third-order valence-corrected chi connectivity index (χ3v) is 5.47. The number of nitrogens with one attached hydrogen (secondary N) is 1. The van der Waals surface area contributed by atoms with Crippen molar-refractivity contribution >= 4 is 23.5 Å². The maximum Gasteiger partial charge on any atom is 0.406 e. The predicted octanol–water partition coefficient (Wildman–Crippen LogP) is 4.59. The Morgan fingerprint density at radius 3 is 2.45 bits per heavy atom. The molecule has 3 rings (SSSR count). The Bertz CT molecular complexity index is 1030. The number of alkyl halides is 3. The van der Waals surface area contributed by atoms with Crippen molar-refractivity contribution in [1.29, 1.82) is 0 Å². The fourth-order valence-corrected chi connectivity index (χ4v) is 3.52. The summed E-state index contributed by atoms with van der Waals surface area (Å²) < 4.78 is 43.9. The predicted molar refractivity (Wildman–Crippen MR) is 116 cm³/mol. The van der Waals surface area contributed by atoms with Gasteiger partial charge in [-0.3, -0.25) is 9.59 Å². The highest BCUT2D eigenvalue weighted by Crippen LogP contribution is 2.36. The van der Waals surface area contributed by atoms with Crippen molar-refractivity contribution in [2.24, 2.45) is 5.92 Å². The van der Waals surface area contributed by atoms with Crippen LogP contribution in [0.3, 0.4) is 0 Å². The Morgan fingerprint density at radius 2 is 1.82 bits per heavy atom. The van der Waals surface area contributed by atoms with E-state index in [0.29, 0.717) is 5.56 Å². The lowest BCUT2D eigenvalue weighted by atomic mass is 10.1. The second kappa shape index (κ2) is 10.1. The largest absolute Gasteiger partial charge is 0.452 e. The average Bonchev–Trinajstić information content (AvgIpc) is 3.60. The number of benzene rings is 2. The van der Waals surface area contributed by atoms with Crippen LogP contribution in [0.1, 0.15) is 46.0 Å². The van der Waals surface area contributed by atoms with E-state index >= 15 is 0 Å². The number of hydrogen-bond acceptors (Lipinski definition) is 4. The zero-order valence-electron chi connectivity index (χ0n) is 18.3. The molecule has 0 aliphatic heterocycles. The van der Waals surface area contributed by atoms with Gasteiger partial charge < -0.3 is 15.0 Å². The number of nitrogens with zero attached hydrogens (tertiary/aromatic N) is 1. The Labute approximate surface area is 189 Å². The molecule has 1 aliphatic rings. The Morgan fingerprint density at radius 1 is 1.12 bits per heavy atom. The minimum absolute atomic E-state index is 0.0103. The highest BCUT2D eigenvalue weighted by atomic mass is 19.4. The number of rotatable bonds is 8. The smallest absolute Gasteiger partial charge is 0.406 e. The minimum atomic E-state index is -4.56. The molecule has 0 bridgehead atoms. The van der Waals surface area contributed by atoms with Crippen molar-refractivity contribution in [3.8, 4) is 0 Å². The fourth-order valence-electron chi connectivity index (χ4n) is 3.52. The first-order valence-electron chi connectivity index (χ1n) is 10.6. The second-order valence-corrected chi connectivity index (χ2v) is 8.16. The molecule has 0 unspecified atom stereocenters. The van der Waals surface area contributed by atoms with Gasteiger partial charge in [0.15, 0.2) is 6.61 Å². The zero-order chi connectivity index (χ0) is 24.2. The van der Waals surface area contributed by atoms with E-state index in [9.17, 15) is 27.6 Å². The first-order valence-corrected chi connectivity index (χ1v) is 10.6. The second-order valence-electron chi connectivity index (χ2n) is 8.16. The number of aryl methyl sites for hydroxylation is 1. The van der Waals surface area contributed by atoms with E-state index in [1.165, 1.54) is 12.1 Å².